The normalized spacial score (nSPS) is 11.6. The average Bonchev–Trinajstić information content (AvgIpc) is 3.08. The van der Waals surface area contributed by atoms with Crippen LogP contribution in [0, 0.1) is 0 Å². The molecule has 0 saturated heterocycles. The number of nitrogens with zero attached hydrogens (tertiary/aromatic N) is 2. The van der Waals surface area contributed by atoms with Gasteiger partial charge in [0.15, 0.2) is 0 Å². The number of esters is 2. The van der Waals surface area contributed by atoms with E-state index in [4.69, 9.17) is 9.47 Å². The van der Waals surface area contributed by atoms with Gasteiger partial charge in [-0.25, -0.2) is 0 Å². The molecular formula is C41H76N2O5S. The van der Waals surface area contributed by atoms with Crippen molar-refractivity contribution in [3.8, 4) is 0 Å². The van der Waals surface area contributed by atoms with E-state index in [1.807, 2.05) is 12.2 Å². The Morgan fingerprint density at radius 3 is 1.41 bits per heavy atom. The summed E-state index contributed by atoms with van der Waals surface area (Å²) in [7, 11) is 4.17. The van der Waals surface area contributed by atoms with Crippen LogP contribution in [0.2, 0.25) is 0 Å². The summed E-state index contributed by atoms with van der Waals surface area (Å²) in [5, 5.41) is 0.209. The first-order chi connectivity index (χ1) is 23.9. The monoisotopic (exact) mass is 709 g/mol. The molecule has 0 fully saturated rings. The largest absolute Gasteiger partial charge is 0.461 e. The Labute approximate surface area is 306 Å². The quantitative estimate of drug-likeness (QED) is 0.0368. The Balaban J connectivity index is 4.17. The van der Waals surface area contributed by atoms with Gasteiger partial charge in [0.05, 0.1) is 0 Å². The second-order valence-electron chi connectivity index (χ2n) is 13.7. The predicted octanol–water partition coefficient (Wildman–Crippen LogP) is 11.3. The lowest BCUT2D eigenvalue weighted by atomic mass is 10.1. The highest BCUT2D eigenvalue weighted by molar-refractivity contribution is 8.13. The highest BCUT2D eigenvalue weighted by Gasteiger charge is 2.14. The average molecular weight is 709 g/mol. The number of hydrogen-bond donors (Lipinski definition) is 0. The molecule has 0 aliphatic heterocycles. The lowest BCUT2D eigenvalue weighted by Crippen LogP contribution is -2.30. The lowest BCUT2D eigenvalue weighted by molar-refractivity contribution is -0.143. The third-order valence-electron chi connectivity index (χ3n) is 8.56. The molecule has 0 aromatic carbocycles. The van der Waals surface area contributed by atoms with Gasteiger partial charge in [-0.2, -0.15) is 0 Å². The minimum absolute atomic E-state index is 0.105. The molecule has 0 heterocycles. The summed E-state index contributed by atoms with van der Waals surface area (Å²) in [5.74, 6) is 0.663. The predicted molar refractivity (Wildman–Crippen MR) is 210 cm³/mol. The SMILES string of the molecule is CCCCCC/C=C\COC(=O)CCCCCCCN(CCCCCCCC(=O)OC/C=C\CCCCCC)C(=O)SCCCCN(C)C. The van der Waals surface area contributed by atoms with Gasteiger partial charge in [-0.15, -0.1) is 0 Å². The molecule has 0 N–H and O–H groups in total. The van der Waals surface area contributed by atoms with E-state index in [0.717, 1.165) is 115 Å². The van der Waals surface area contributed by atoms with Gasteiger partial charge in [0.1, 0.15) is 13.2 Å². The minimum Gasteiger partial charge on any atom is -0.461 e. The standard InChI is InChI=1S/C41H76N2O5S/c1-5-7-9-11-13-21-28-36-47-39(44)31-23-17-15-19-25-34-43(41(46)49-38-30-27-33-42(3)4)35-26-20-16-18-24-32-40(45)48-37-29-22-14-12-10-8-6-2/h21-22,28-29H,5-20,23-27,30-38H2,1-4H3/b28-21-,29-22-. The van der Waals surface area contributed by atoms with Crippen LogP contribution in [0.5, 0.6) is 0 Å². The van der Waals surface area contributed by atoms with Gasteiger partial charge in [-0.3, -0.25) is 14.4 Å². The van der Waals surface area contributed by atoms with Gasteiger partial charge in [-0.1, -0.05) is 127 Å². The summed E-state index contributed by atoms with van der Waals surface area (Å²) in [6.45, 7) is 7.86. The number of unbranched alkanes of at least 4 members (excludes halogenated alkanes) is 17. The highest BCUT2D eigenvalue weighted by Crippen LogP contribution is 2.16. The summed E-state index contributed by atoms with van der Waals surface area (Å²) >= 11 is 1.47. The molecule has 0 aliphatic rings. The van der Waals surface area contributed by atoms with Gasteiger partial charge >= 0.3 is 11.9 Å². The van der Waals surface area contributed by atoms with Crippen LogP contribution in [0.15, 0.2) is 24.3 Å². The smallest absolute Gasteiger partial charge is 0.306 e. The van der Waals surface area contributed by atoms with Crippen molar-refractivity contribution < 1.29 is 23.9 Å². The number of rotatable bonds is 35. The van der Waals surface area contributed by atoms with E-state index in [2.05, 4.69) is 49.9 Å². The number of carbonyl (C=O) groups excluding carboxylic acids is 3. The molecular weight excluding hydrogens is 633 g/mol. The molecule has 0 radical (unpaired) electrons. The number of hydrogen-bond acceptors (Lipinski definition) is 7. The number of amides is 1. The van der Waals surface area contributed by atoms with Crippen LogP contribution < -0.4 is 0 Å². The first kappa shape index (κ1) is 47.2. The fourth-order valence-electron chi connectivity index (χ4n) is 5.46. The Kier molecular flexibility index (Phi) is 36.1. The van der Waals surface area contributed by atoms with Gasteiger partial charge in [0.25, 0.3) is 5.24 Å². The molecule has 1 amide bonds. The number of allylic oxidation sites excluding steroid dienone is 2. The maximum Gasteiger partial charge on any atom is 0.306 e. The van der Waals surface area contributed by atoms with Crippen molar-refractivity contribution in [3.63, 3.8) is 0 Å². The van der Waals surface area contributed by atoms with Crippen LogP contribution in [-0.4, -0.2) is 79.7 Å². The van der Waals surface area contributed by atoms with Crippen molar-refractivity contribution in [1.82, 2.24) is 9.80 Å². The van der Waals surface area contributed by atoms with E-state index < -0.39 is 0 Å². The summed E-state index contributed by atoms with van der Waals surface area (Å²) in [5.41, 5.74) is 0. The van der Waals surface area contributed by atoms with E-state index in [-0.39, 0.29) is 17.2 Å². The zero-order valence-corrected chi connectivity index (χ0v) is 33.2. The molecule has 0 saturated carbocycles. The van der Waals surface area contributed by atoms with Crippen molar-refractivity contribution in [2.75, 3.05) is 52.7 Å². The van der Waals surface area contributed by atoms with Crippen LogP contribution in [0.4, 0.5) is 4.79 Å². The third kappa shape index (κ3) is 35.8. The molecule has 0 aliphatic carbocycles. The first-order valence-corrected chi connectivity index (χ1v) is 21.1. The summed E-state index contributed by atoms with van der Waals surface area (Å²) in [4.78, 5) is 41.3. The van der Waals surface area contributed by atoms with Crippen molar-refractivity contribution in [2.24, 2.45) is 0 Å². The van der Waals surface area contributed by atoms with Crippen LogP contribution in [0.25, 0.3) is 0 Å². The molecule has 8 heteroatoms. The van der Waals surface area contributed by atoms with Crippen LogP contribution in [-0.2, 0) is 19.1 Å². The molecule has 0 bridgehead atoms. The second kappa shape index (κ2) is 37.5. The van der Waals surface area contributed by atoms with E-state index in [9.17, 15) is 14.4 Å². The summed E-state index contributed by atoms with van der Waals surface area (Å²) in [6.07, 6.45) is 33.5. The fourth-order valence-corrected chi connectivity index (χ4v) is 6.34. The Bertz CT molecular complexity index is 781. The van der Waals surface area contributed by atoms with Crippen LogP contribution >= 0.6 is 11.8 Å². The molecule has 0 aromatic rings. The lowest BCUT2D eigenvalue weighted by Gasteiger charge is -2.22. The fraction of sp³-hybridized carbons (Fsp3) is 0.829. The van der Waals surface area contributed by atoms with Gasteiger partial charge in [0.2, 0.25) is 0 Å². The van der Waals surface area contributed by atoms with E-state index >= 15 is 0 Å². The molecule has 0 atom stereocenters. The van der Waals surface area contributed by atoms with Crippen molar-refractivity contribution >= 4 is 28.9 Å². The third-order valence-corrected chi connectivity index (χ3v) is 9.56. The van der Waals surface area contributed by atoms with Gasteiger partial charge < -0.3 is 19.3 Å². The Morgan fingerprint density at radius 1 is 0.510 bits per heavy atom. The van der Waals surface area contributed by atoms with Crippen molar-refractivity contribution in [2.45, 2.75) is 168 Å². The molecule has 0 spiro atoms. The molecule has 49 heavy (non-hydrogen) atoms. The van der Waals surface area contributed by atoms with E-state index in [1.54, 1.807) is 0 Å². The Hall–Kier alpha value is -1.80. The Morgan fingerprint density at radius 2 is 0.939 bits per heavy atom. The molecule has 286 valence electrons. The first-order valence-electron chi connectivity index (χ1n) is 20.1. The highest BCUT2D eigenvalue weighted by atomic mass is 32.2. The number of thioether (sulfide) groups is 1. The van der Waals surface area contributed by atoms with E-state index in [1.165, 1.54) is 63.1 Å². The molecule has 0 unspecified atom stereocenters. The number of ether oxygens (including phenoxy) is 2. The van der Waals surface area contributed by atoms with E-state index in [0.29, 0.717) is 26.1 Å². The molecule has 7 nitrogen and oxygen atoms in total. The maximum absolute atomic E-state index is 13.1. The van der Waals surface area contributed by atoms with Gasteiger partial charge in [0, 0.05) is 31.7 Å². The second-order valence-corrected chi connectivity index (χ2v) is 14.7. The topological polar surface area (TPSA) is 76.1 Å². The molecule has 0 aromatic heterocycles. The number of carbonyl (C=O) groups is 3. The van der Waals surface area contributed by atoms with Gasteiger partial charge in [-0.05, 0) is 84.8 Å². The summed E-state index contributed by atoms with van der Waals surface area (Å²) in [6, 6.07) is 0. The van der Waals surface area contributed by atoms with Crippen LogP contribution in [0.3, 0.4) is 0 Å². The van der Waals surface area contributed by atoms with Crippen molar-refractivity contribution in [1.29, 1.82) is 0 Å². The molecule has 0 rings (SSSR count). The van der Waals surface area contributed by atoms with Crippen LogP contribution in [0.1, 0.15) is 168 Å². The minimum atomic E-state index is -0.105. The zero-order valence-electron chi connectivity index (χ0n) is 32.4. The zero-order chi connectivity index (χ0) is 36.0. The van der Waals surface area contributed by atoms with Crippen molar-refractivity contribution in [3.05, 3.63) is 24.3 Å². The summed E-state index contributed by atoms with van der Waals surface area (Å²) < 4.78 is 10.7. The maximum atomic E-state index is 13.1.